The standard InChI is InChI=1S/C17H27NO2/c1-4-20-17-14(3)11-13(2)12-15(17)16(7-10-19)18-8-5-6-9-18/h11-12,16,19H,4-10H2,1-3H3. The molecule has 2 rings (SSSR count). The molecule has 1 aromatic carbocycles. The van der Waals surface area contributed by atoms with Gasteiger partial charge < -0.3 is 9.84 Å². The van der Waals surface area contributed by atoms with Crippen molar-refractivity contribution in [1.82, 2.24) is 4.90 Å². The third kappa shape index (κ3) is 3.33. The number of aliphatic hydroxyl groups is 1. The van der Waals surface area contributed by atoms with E-state index in [0.717, 1.165) is 25.3 Å². The van der Waals surface area contributed by atoms with Gasteiger partial charge in [-0.15, -0.1) is 0 Å². The van der Waals surface area contributed by atoms with Crippen LogP contribution in [0.2, 0.25) is 0 Å². The number of nitrogens with zero attached hydrogens (tertiary/aromatic N) is 1. The van der Waals surface area contributed by atoms with Gasteiger partial charge in [-0.25, -0.2) is 0 Å². The summed E-state index contributed by atoms with van der Waals surface area (Å²) >= 11 is 0. The minimum Gasteiger partial charge on any atom is -0.493 e. The molecule has 3 heteroatoms. The zero-order chi connectivity index (χ0) is 14.5. The molecular formula is C17H27NO2. The van der Waals surface area contributed by atoms with Crippen LogP contribution < -0.4 is 4.74 Å². The molecule has 0 spiro atoms. The van der Waals surface area contributed by atoms with Crippen LogP contribution in [0.5, 0.6) is 5.75 Å². The third-order valence-corrected chi connectivity index (χ3v) is 4.08. The van der Waals surface area contributed by atoms with Crippen molar-refractivity contribution in [3.63, 3.8) is 0 Å². The van der Waals surface area contributed by atoms with Crippen molar-refractivity contribution in [3.05, 3.63) is 28.8 Å². The fourth-order valence-corrected chi connectivity index (χ4v) is 3.29. The lowest BCUT2D eigenvalue weighted by molar-refractivity contribution is 0.181. The van der Waals surface area contributed by atoms with Crippen molar-refractivity contribution < 1.29 is 9.84 Å². The molecule has 3 nitrogen and oxygen atoms in total. The number of aliphatic hydroxyl groups excluding tert-OH is 1. The maximum absolute atomic E-state index is 9.45. The Kier molecular flexibility index (Phi) is 5.44. The molecule has 1 aliphatic heterocycles. The van der Waals surface area contributed by atoms with Gasteiger partial charge in [-0.2, -0.15) is 0 Å². The van der Waals surface area contributed by atoms with Gasteiger partial charge in [0, 0.05) is 18.2 Å². The van der Waals surface area contributed by atoms with E-state index in [1.54, 1.807) is 0 Å². The molecule has 0 aliphatic carbocycles. The molecular weight excluding hydrogens is 250 g/mol. The predicted octanol–water partition coefficient (Wildman–Crippen LogP) is 3.22. The van der Waals surface area contributed by atoms with Crippen molar-refractivity contribution in [2.24, 2.45) is 0 Å². The molecule has 0 amide bonds. The average molecular weight is 277 g/mol. The van der Waals surface area contributed by atoms with Crippen molar-refractivity contribution in [2.45, 2.75) is 46.1 Å². The largest absolute Gasteiger partial charge is 0.493 e. The molecule has 1 heterocycles. The van der Waals surface area contributed by atoms with Crippen LogP contribution in [0.4, 0.5) is 0 Å². The van der Waals surface area contributed by atoms with Crippen LogP contribution in [0.1, 0.15) is 48.9 Å². The smallest absolute Gasteiger partial charge is 0.126 e. The van der Waals surface area contributed by atoms with Crippen LogP contribution >= 0.6 is 0 Å². The topological polar surface area (TPSA) is 32.7 Å². The van der Waals surface area contributed by atoms with Crippen molar-refractivity contribution in [1.29, 1.82) is 0 Å². The first-order valence-corrected chi connectivity index (χ1v) is 7.76. The Morgan fingerprint density at radius 1 is 1.25 bits per heavy atom. The number of aryl methyl sites for hydroxylation is 2. The van der Waals surface area contributed by atoms with Crippen molar-refractivity contribution >= 4 is 0 Å². The van der Waals surface area contributed by atoms with Crippen molar-refractivity contribution in [2.75, 3.05) is 26.3 Å². The Labute approximate surface area is 122 Å². The monoisotopic (exact) mass is 277 g/mol. The van der Waals surface area contributed by atoms with E-state index in [1.165, 1.54) is 29.5 Å². The molecule has 1 fully saturated rings. The van der Waals surface area contributed by atoms with E-state index in [-0.39, 0.29) is 12.6 Å². The Bertz CT molecular complexity index is 439. The third-order valence-electron chi connectivity index (χ3n) is 4.08. The lowest BCUT2D eigenvalue weighted by Crippen LogP contribution is -2.27. The van der Waals surface area contributed by atoms with Crippen LogP contribution in [0.15, 0.2) is 12.1 Å². The summed E-state index contributed by atoms with van der Waals surface area (Å²) in [6.07, 6.45) is 3.30. The van der Waals surface area contributed by atoms with Gasteiger partial charge in [0.15, 0.2) is 0 Å². The summed E-state index contributed by atoms with van der Waals surface area (Å²) in [5.74, 6) is 1.02. The second kappa shape index (κ2) is 7.09. The number of hydrogen-bond donors (Lipinski definition) is 1. The highest BCUT2D eigenvalue weighted by Crippen LogP contribution is 2.36. The Balaban J connectivity index is 2.39. The summed E-state index contributed by atoms with van der Waals surface area (Å²) in [6.45, 7) is 9.43. The van der Waals surface area contributed by atoms with Crippen LogP contribution in [0.25, 0.3) is 0 Å². The summed E-state index contributed by atoms with van der Waals surface area (Å²) < 4.78 is 5.90. The summed E-state index contributed by atoms with van der Waals surface area (Å²) in [5.41, 5.74) is 3.72. The first-order valence-electron chi connectivity index (χ1n) is 7.76. The second-order valence-electron chi connectivity index (χ2n) is 5.70. The SMILES string of the molecule is CCOc1c(C)cc(C)cc1C(CCO)N1CCCC1. The molecule has 112 valence electrons. The van der Waals surface area contributed by atoms with Crippen LogP contribution in [-0.4, -0.2) is 36.3 Å². The number of benzene rings is 1. The summed E-state index contributed by atoms with van der Waals surface area (Å²) in [6, 6.07) is 4.69. The van der Waals surface area contributed by atoms with E-state index in [4.69, 9.17) is 4.74 Å². The fraction of sp³-hybridized carbons (Fsp3) is 0.647. The van der Waals surface area contributed by atoms with E-state index in [2.05, 4.69) is 30.9 Å². The number of hydrogen-bond acceptors (Lipinski definition) is 3. The fourth-order valence-electron chi connectivity index (χ4n) is 3.29. The lowest BCUT2D eigenvalue weighted by atomic mass is 9.96. The van der Waals surface area contributed by atoms with Gasteiger partial charge in [-0.1, -0.05) is 17.7 Å². The first kappa shape index (κ1) is 15.3. The molecule has 20 heavy (non-hydrogen) atoms. The highest BCUT2D eigenvalue weighted by molar-refractivity contribution is 5.45. The second-order valence-corrected chi connectivity index (χ2v) is 5.70. The summed E-state index contributed by atoms with van der Waals surface area (Å²) in [4.78, 5) is 2.49. The van der Waals surface area contributed by atoms with Crippen LogP contribution in [0.3, 0.4) is 0 Å². The Hall–Kier alpha value is -1.06. The lowest BCUT2D eigenvalue weighted by Gasteiger charge is -2.30. The van der Waals surface area contributed by atoms with Gasteiger partial charge in [0.1, 0.15) is 5.75 Å². The maximum atomic E-state index is 9.45. The van der Waals surface area contributed by atoms with E-state index in [9.17, 15) is 5.11 Å². The maximum Gasteiger partial charge on any atom is 0.126 e. The Morgan fingerprint density at radius 2 is 1.95 bits per heavy atom. The molecule has 1 aliphatic rings. The van der Waals surface area contributed by atoms with Gasteiger partial charge in [0.25, 0.3) is 0 Å². The summed E-state index contributed by atoms with van der Waals surface area (Å²) in [5, 5.41) is 9.45. The van der Waals surface area contributed by atoms with E-state index in [0.29, 0.717) is 6.61 Å². The highest BCUT2D eigenvalue weighted by atomic mass is 16.5. The van der Waals surface area contributed by atoms with Crippen LogP contribution in [0, 0.1) is 13.8 Å². The molecule has 1 aromatic rings. The molecule has 1 atom stereocenters. The molecule has 0 bridgehead atoms. The zero-order valence-electron chi connectivity index (χ0n) is 13.0. The molecule has 1 saturated heterocycles. The molecule has 1 N–H and O–H groups in total. The zero-order valence-corrected chi connectivity index (χ0v) is 13.0. The molecule has 0 aromatic heterocycles. The first-order chi connectivity index (χ1) is 9.67. The average Bonchev–Trinajstić information content (AvgIpc) is 2.93. The van der Waals surface area contributed by atoms with Crippen LogP contribution in [-0.2, 0) is 0 Å². The minimum atomic E-state index is 0.222. The number of ether oxygens (including phenoxy) is 1. The van der Waals surface area contributed by atoms with Gasteiger partial charge in [-0.05, 0) is 58.7 Å². The van der Waals surface area contributed by atoms with Gasteiger partial charge in [0.2, 0.25) is 0 Å². The highest BCUT2D eigenvalue weighted by Gasteiger charge is 2.26. The predicted molar refractivity (Wildman–Crippen MR) is 82.3 cm³/mol. The van der Waals surface area contributed by atoms with Gasteiger partial charge >= 0.3 is 0 Å². The van der Waals surface area contributed by atoms with E-state index in [1.807, 2.05) is 6.92 Å². The Morgan fingerprint density at radius 3 is 2.55 bits per heavy atom. The number of likely N-dealkylation sites (tertiary alicyclic amines) is 1. The van der Waals surface area contributed by atoms with Crippen molar-refractivity contribution in [3.8, 4) is 5.75 Å². The van der Waals surface area contributed by atoms with E-state index >= 15 is 0 Å². The van der Waals surface area contributed by atoms with E-state index < -0.39 is 0 Å². The molecule has 0 saturated carbocycles. The van der Waals surface area contributed by atoms with Gasteiger partial charge in [0.05, 0.1) is 6.61 Å². The summed E-state index contributed by atoms with van der Waals surface area (Å²) in [7, 11) is 0. The number of rotatable bonds is 6. The molecule has 1 unspecified atom stereocenters. The quantitative estimate of drug-likeness (QED) is 0.866. The minimum absolute atomic E-state index is 0.222. The van der Waals surface area contributed by atoms with Gasteiger partial charge in [-0.3, -0.25) is 4.90 Å². The molecule has 0 radical (unpaired) electrons. The normalized spacial score (nSPS) is 17.4.